The van der Waals surface area contributed by atoms with Crippen molar-refractivity contribution in [3.8, 4) is 6.07 Å². The average molecular weight is 371 g/mol. The van der Waals surface area contributed by atoms with Crippen molar-refractivity contribution in [2.75, 3.05) is 0 Å². The number of fused-ring (bicyclic) bond motifs is 1. The van der Waals surface area contributed by atoms with Gasteiger partial charge in [-0.3, -0.25) is 0 Å². The Morgan fingerprint density at radius 3 is 2.59 bits per heavy atom. The first-order chi connectivity index (χ1) is 13.3. The van der Waals surface area contributed by atoms with E-state index in [9.17, 15) is 5.26 Å². The molecule has 3 heteroatoms. The van der Waals surface area contributed by atoms with Crippen LogP contribution in [0.4, 0.5) is 0 Å². The largest absolute Gasteiger partial charge is 0.344 e. The average Bonchev–Trinajstić information content (AvgIpc) is 3.32. The van der Waals surface area contributed by atoms with E-state index in [-0.39, 0.29) is 5.92 Å². The first kappa shape index (κ1) is 17.6. The van der Waals surface area contributed by atoms with E-state index in [1.165, 1.54) is 22.2 Å². The van der Waals surface area contributed by atoms with Crippen LogP contribution in [-0.2, 0) is 6.54 Å². The summed E-state index contributed by atoms with van der Waals surface area (Å²) in [7, 11) is 0. The fourth-order valence-corrected chi connectivity index (χ4v) is 4.76. The van der Waals surface area contributed by atoms with E-state index in [4.69, 9.17) is 0 Å². The highest BCUT2D eigenvalue weighted by molar-refractivity contribution is 7.10. The van der Waals surface area contributed by atoms with Gasteiger partial charge in [0.2, 0.25) is 0 Å². The predicted molar refractivity (Wildman–Crippen MR) is 113 cm³/mol. The van der Waals surface area contributed by atoms with E-state index in [0.29, 0.717) is 0 Å². The number of benzene rings is 2. The maximum atomic E-state index is 9.65. The number of aromatic nitrogens is 1. The van der Waals surface area contributed by atoms with E-state index in [0.717, 1.165) is 29.8 Å². The predicted octanol–water partition coefficient (Wildman–Crippen LogP) is 6.55. The second-order valence-electron chi connectivity index (χ2n) is 6.79. The van der Waals surface area contributed by atoms with E-state index in [1.54, 1.807) is 11.3 Å². The van der Waals surface area contributed by atoms with Gasteiger partial charge >= 0.3 is 0 Å². The van der Waals surface area contributed by atoms with Gasteiger partial charge in [0, 0.05) is 22.6 Å². The van der Waals surface area contributed by atoms with Crippen molar-refractivity contribution in [3.05, 3.63) is 93.8 Å². The second-order valence-corrected chi connectivity index (χ2v) is 7.73. The third-order valence-corrected chi connectivity index (χ3v) is 6.07. The minimum atomic E-state index is 0.0742. The Morgan fingerprint density at radius 1 is 1.04 bits per heavy atom. The van der Waals surface area contributed by atoms with Gasteiger partial charge in [0.15, 0.2) is 0 Å². The third kappa shape index (κ3) is 3.29. The number of para-hydroxylation sites is 1. The molecule has 2 heterocycles. The summed E-state index contributed by atoms with van der Waals surface area (Å²) < 4.78 is 2.46. The smallest absolute Gasteiger partial charge is 0.100 e. The molecular formula is C24H22N2S. The van der Waals surface area contributed by atoms with Crippen molar-refractivity contribution >= 4 is 22.2 Å². The molecule has 0 spiro atoms. The number of unbranched alkanes of at least 4 members (excludes halogenated alkanes) is 1. The summed E-state index contributed by atoms with van der Waals surface area (Å²) in [6.45, 7) is 3.23. The molecule has 4 aromatic rings. The fourth-order valence-electron chi connectivity index (χ4n) is 3.78. The molecule has 0 aliphatic heterocycles. The molecule has 27 heavy (non-hydrogen) atoms. The molecule has 1 atom stereocenters. The monoisotopic (exact) mass is 370 g/mol. The Bertz CT molecular complexity index is 1080. The Hall–Kier alpha value is -2.83. The maximum absolute atomic E-state index is 9.65. The van der Waals surface area contributed by atoms with Crippen molar-refractivity contribution in [3.63, 3.8) is 0 Å². The zero-order valence-corrected chi connectivity index (χ0v) is 16.2. The zero-order valence-electron chi connectivity index (χ0n) is 15.4. The lowest BCUT2D eigenvalue weighted by molar-refractivity contribution is 0.621. The molecule has 0 aliphatic rings. The number of thiophene rings is 1. The van der Waals surface area contributed by atoms with Gasteiger partial charge in [-0.15, -0.1) is 11.3 Å². The third-order valence-electron chi connectivity index (χ3n) is 5.08. The topological polar surface area (TPSA) is 28.7 Å². The summed E-state index contributed by atoms with van der Waals surface area (Å²) in [6.07, 6.45) is 2.30. The maximum Gasteiger partial charge on any atom is 0.100 e. The van der Waals surface area contributed by atoms with Crippen LogP contribution in [0.15, 0.2) is 72.1 Å². The normalized spacial score (nSPS) is 12.1. The quantitative estimate of drug-likeness (QED) is 0.378. The van der Waals surface area contributed by atoms with Gasteiger partial charge in [-0.1, -0.05) is 61.9 Å². The standard InChI is InChI=1S/C24H22N2S/c1-2-3-14-26-21-12-8-7-11-19(21)16-22(26)23(18-9-5-4-6-10-18)24-20(17-25)13-15-27-24/h4-13,15-16,23H,2-3,14H2,1H3. The van der Waals surface area contributed by atoms with Crippen LogP contribution in [0.5, 0.6) is 0 Å². The fraction of sp³-hybridized carbons (Fsp3) is 0.208. The molecule has 0 fully saturated rings. The van der Waals surface area contributed by atoms with Crippen LogP contribution in [0.3, 0.4) is 0 Å². The Balaban J connectivity index is 1.97. The van der Waals surface area contributed by atoms with Gasteiger partial charge in [0.1, 0.15) is 6.07 Å². The van der Waals surface area contributed by atoms with Crippen molar-refractivity contribution in [1.29, 1.82) is 5.26 Å². The van der Waals surface area contributed by atoms with Gasteiger partial charge in [-0.05, 0) is 40.9 Å². The van der Waals surface area contributed by atoms with E-state index < -0.39 is 0 Å². The lowest BCUT2D eigenvalue weighted by atomic mass is 9.92. The summed E-state index contributed by atoms with van der Waals surface area (Å²) in [6, 6.07) is 25.8. The van der Waals surface area contributed by atoms with Crippen LogP contribution in [0.2, 0.25) is 0 Å². The minimum Gasteiger partial charge on any atom is -0.344 e. The molecule has 0 aliphatic carbocycles. The SMILES string of the molecule is CCCCn1c(C(c2ccccc2)c2sccc2C#N)cc2ccccc21. The summed E-state index contributed by atoms with van der Waals surface area (Å²) in [5.41, 5.74) is 4.56. The molecule has 0 N–H and O–H groups in total. The number of hydrogen-bond donors (Lipinski definition) is 0. The van der Waals surface area contributed by atoms with Crippen molar-refractivity contribution in [2.24, 2.45) is 0 Å². The molecule has 0 bridgehead atoms. The molecule has 0 saturated heterocycles. The van der Waals surface area contributed by atoms with Gasteiger partial charge in [-0.2, -0.15) is 5.26 Å². The van der Waals surface area contributed by atoms with E-state index in [1.807, 2.05) is 17.5 Å². The minimum absolute atomic E-state index is 0.0742. The molecule has 4 rings (SSSR count). The number of rotatable bonds is 6. The Kier molecular flexibility index (Phi) is 5.09. The Labute approximate surface area is 164 Å². The summed E-state index contributed by atoms with van der Waals surface area (Å²) >= 11 is 1.68. The summed E-state index contributed by atoms with van der Waals surface area (Å²) in [5.74, 6) is 0.0742. The highest BCUT2D eigenvalue weighted by Gasteiger charge is 2.25. The van der Waals surface area contributed by atoms with E-state index in [2.05, 4.69) is 72.2 Å². The number of hydrogen-bond acceptors (Lipinski definition) is 2. The van der Waals surface area contributed by atoms with Crippen LogP contribution < -0.4 is 0 Å². The number of nitriles is 1. The molecule has 0 saturated carbocycles. The first-order valence-corrected chi connectivity index (χ1v) is 10.3. The zero-order chi connectivity index (χ0) is 18.6. The Morgan fingerprint density at radius 2 is 1.81 bits per heavy atom. The molecule has 0 radical (unpaired) electrons. The van der Waals surface area contributed by atoms with E-state index >= 15 is 0 Å². The summed E-state index contributed by atoms with van der Waals surface area (Å²) in [5, 5.41) is 12.9. The van der Waals surface area contributed by atoms with Crippen LogP contribution in [-0.4, -0.2) is 4.57 Å². The molecule has 2 aromatic carbocycles. The van der Waals surface area contributed by atoms with Crippen molar-refractivity contribution in [1.82, 2.24) is 4.57 Å². The molecule has 1 unspecified atom stereocenters. The van der Waals surface area contributed by atoms with Crippen LogP contribution in [0, 0.1) is 11.3 Å². The highest BCUT2D eigenvalue weighted by Crippen LogP contribution is 2.39. The number of aryl methyl sites for hydroxylation is 1. The second kappa shape index (κ2) is 7.82. The molecule has 2 aromatic heterocycles. The van der Waals surface area contributed by atoms with Gasteiger partial charge in [0.25, 0.3) is 0 Å². The number of nitrogens with zero attached hydrogens (tertiary/aromatic N) is 2. The lowest BCUT2D eigenvalue weighted by Gasteiger charge is -2.20. The van der Waals surface area contributed by atoms with Crippen LogP contribution >= 0.6 is 11.3 Å². The van der Waals surface area contributed by atoms with Gasteiger partial charge in [-0.25, -0.2) is 0 Å². The first-order valence-electron chi connectivity index (χ1n) is 9.44. The summed E-state index contributed by atoms with van der Waals surface area (Å²) in [4.78, 5) is 1.13. The highest BCUT2D eigenvalue weighted by atomic mass is 32.1. The van der Waals surface area contributed by atoms with Crippen molar-refractivity contribution in [2.45, 2.75) is 32.2 Å². The van der Waals surface area contributed by atoms with Gasteiger partial charge < -0.3 is 4.57 Å². The van der Waals surface area contributed by atoms with Crippen molar-refractivity contribution < 1.29 is 0 Å². The molecule has 2 nitrogen and oxygen atoms in total. The molecular weight excluding hydrogens is 348 g/mol. The van der Waals surface area contributed by atoms with Crippen LogP contribution in [0.25, 0.3) is 10.9 Å². The van der Waals surface area contributed by atoms with Crippen LogP contribution in [0.1, 0.15) is 47.4 Å². The lowest BCUT2D eigenvalue weighted by Crippen LogP contribution is -2.11. The molecule has 134 valence electrons. The van der Waals surface area contributed by atoms with Gasteiger partial charge in [0.05, 0.1) is 11.5 Å². The molecule has 0 amide bonds.